The largest absolute Gasteiger partial charge is 0.445 e. The van der Waals surface area contributed by atoms with Crippen LogP contribution in [0.1, 0.15) is 50.0 Å². The van der Waals surface area contributed by atoms with Crippen molar-refractivity contribution in [3.8, 4) is 0 Å². The predicted molar refractivity (Wildman–Crippen MR) is 94.0 cm³/mol. The SMILES string of the molecule is O=C(N[C@H]1CCCC[C@H]1c1ccccc1)O[C@@H]1CN2CCC1CC2. The van der Waals surface area contributed by atoms with Crippen LogP contribution in [0.5, 0.6) is 0 Å². The highest BCUT2D eigenvalue weighted by atomic mass is 16.6. The van der Waals surface area contributed by atoms with E-state index in [-0.39, 0.29) is 18.2 Å². The van der Waals surface area contributed by atoms with Gasteiger partial charge in [-0.05, 0) is 50.3 Å². The average Bonchev–Trinajstić information content (AvgIpc) is 2.64. The summed E-state index contributed by atoms with van der Waals surface area (Å²) in [5.41, 5.74) is 1.34. The molecule has 3 atom stereocenters. The lowest BCUT2D eigenvalue weighted by Crippen LogP contribution is -2.53. The van der Waals surface area contributed by atoms with Gasteiger partial charge in [0.2, 0.25) is 0 Å². The lowest BCUT2D eigenvalue weighted by atomic mass is 9.80. The van der Waals surface area contributed by atoms with Crippen LogP contribution in [0.25, 0.3) is 0 Å². The Morgan fingerprint density at radius 2 is 1.79 bits per heavy atom. The molecule has 1 saturated carbocycles. The highest BCUT2D eigenvalue weighted by Gasteiger charge is 2.37. The number of nitrogens with one attached hydrogen (secondary N) is 1. The van der Waals surface area contributed by atoms with Crippen molar-refractivity contribution in [1.82, 2.24) is 10.2 Å². The number of carbonyl (C=O) groups excluding carboxylic acids is 1. The van der Waals surface area contributed by atoms with Gasteiger partial charge in [0.15, 0.2) is 0 Å². The molecule has 3 aliphatic heterocycles. The van der Waals surface area contributed by atoms with Gasteiger partial charge in [-0.3, -0.25) is 4.90 Å². The molecule has 0 spiro atoms. The first kappa shape index (κ1) is 15.9. The van der Waals surface area contributed by atoms with Gasteiger partial charge >= 0.3 is 6.09 Å². The fourth-order valence-corrected chi connectivity index (χ4v) is 4.77. The Kier molecular flexibility index (Phi) is 4.74. The van der Waals surface area contributed by atoms with Crippen LogP contribution in [0.2, 0.25) is 0 Å². The Morgan fingerprint density at radius 1 is 1.04 bits per heavy atom. The fraction of sp³-hybridized carbons (Fsp3) is 0.650. The maximum absolute atomic E-state index is 12.5. The van der Waals surface area contributed by atoms with Crippen LogP contribution in [0.3, 0.4) is 0 Å². The minimum atomic E-state index is -0.207. The summed E-state index contributed by atoms with van der Waals surface area (Å²) >= 11 is 0. The van der Waals surface area contributed by atoms with Crippen LogP contribution in [-0.2, 0) is 4.74 Å². The lowest BCUT2D eigenvalue weighted by molar-refractivity contribution is -0.0343. The molecule has 3 saturated heterocycles. The van der Waals surface area contributed by atoms with Crippen LogP contribution in [0.4, 0.5) is 4.79 Å². The molecule has 5 rings (SSSR count). The van der Waals surface area contributed by atoms with Crippen LogP contribution < -0.4 is 5.32 Å². The van der Waals surface area contributed by atoms with Crippen LogP contribution in [-0.4, -0.2) is 42.8 Å². The average molecular weight is 328 g/mol. The molecule has 1 amide bonds. The molecule has 4 heteroatoms. The highest BCUT2D eigenvalue weighted by molar-refractivity contribution is 5.68. The zero-order valence-electron chi connectivity index (χ0n) is 14.3. The van der Waals surface area contributed by atoms with Gasteiger partial charge in [-0.15, -0.1) is 0 Å². The summed E-state index contributed by atoms with van der Waals surface area (Å²) in [5.74, 6) is 0.982. The van der Waals surface area contributed by atoms with E-state index in [2.05, 4.69) is 40.5 Å². The van der Waals surface area contributed by atoms with Crippen LogP contribution in [0.15, 0.2) is 30.3 Å². The van der Waals surface area contributed by atoms with E-state index in [4.69, 9.17) is 4.74 Å². The van der Waals surface area contributed by atoms with Crippen molar-refractivity contribution in [3.63, 3.8) is 0 Å². The van der Waals surface area contributed by atoms with Gasteiger partial charge < -0.3 is 10.1 Å². The number of ether oxygens (including phenoxy) is 1. The van der Waals surface area contributed by atoms with Gasteiger partial charge in [0.1, 0.15) is 6.10 Å². The summed E-state index contributed by atoms with van der Waals surface area (Å²) in [7, 11) is 0. The molecular weight excluding hydrogens is 300 g/mol. The standard InChI is InChI=1S/C20H28N2O2/c23-20(24-19-14-22-12-10-16(19)11-13-22)21-18-9-5-4-8-17(18)15-6-2-1-3-7-15/h1-3,6-7,16-19H,4-5,8-14H2,(H,21,23)/t17-,18-,19+/m0/s1. The van der Waals surface area contributed by atoms with E-state index in [1.165, 1.54) is 44.3 Å². The van der Waals surface area contributed by atoms with E-state index in [0.29, 0.717) is 11.8 Å². The summed E-state index contributed by atoms with van der Waals surface area (Å²) in [6.07, 6.45) is 6.86. The number of hydrogen-bond donors (Lipinski definition) is 1. The molecule has 3 heterocycles. The molecule has 0 radical (unpaired) electrons. The zero-order chi connectivity index (χ0) is 16.4. The van der Waals surface area contributed by atoms with Gasteiger partial charge in [0.25, 0.3) is 0 Å². The molecular formula is C20H28N2O2. The minimum Gasteiger partial charge on any atom is -0.445 e. The molecule has 1 aromatic carbocycles. The first-order chi connectivity index (χ1) is 11.8. The maximum atomic E-state index is 12.5. The van der Waals surface area contributed by atoms with Gasteiger partial charge in [-0.1, -0.05) is 43.2 Å². The smallest absolute Gasteiger partial charge is 0.407 e. The number of benzene rings is 1. The summed E-state index contributed by atoms with van der Waals surface area (Å²) < 4.78 is 5.82. The van der Waals surface area contributed by atoms with E-state index in [1.807, 2.05) is 0 Å². The van der Waals surface area contributed by atoms with Gasteiger partial charge in [0.05, 0.1) is 0 Å². The Labute approximate surface area is 144 Å². The zero-order valence-corrected chi connectivity index (χ0v) is 14.3. The first-order valence-electron chi connectivity index (χ1n) is 9.54. The summed E-state index contributed by atoms with van der Waals surface area (Å²) in [6, 6.07) is 10.8. The van der Waals surface area contributed by atoms with E-state index < -0.39 is 0 Å². The normalized spacial score (nSPS) is 35.4. The fourth-order valence-electron chi connectivity index (χ4n) is 4.77. The summed E-state index contributed by atoms with van der Waals surface area (Å²) in [5, 5.41) is 3.19. The molecule has 130 valence electrons. The number of amides is 1. The number of piperidine rings is 3. The van der Waals surface area contributed by atoms with E-state index >= 15 is 0 Å². The van der Waals surface area contributed by atoms with Crippen molar-refractivity contribution in [2.75, 3.05) is 19.6 Å². The Hall–Kier alpha value is -1.55. The molecule has 1 N–H and O–H groups in total. The van der Waals surface area contributed by atoms with E-state index in [0.717, 1.165) is 19.4 Å². The van der Waals surface area contributed by atoms with Crippen molar-refractivity contribution in [1.29, 1.82) is 0 Å². The van der Waals surface area contributed by atoms with Gasteiger partial charge in [-0.2, -0.15) is 0 Å². The van der Waals surface area contributed by atoms with Crippen molar-refractivity contribution < 1.29 is 9.53 Å². The molecule has 24 heavy (non-hydrogen) atoms. The summed E-state index contributed by atoms with van der Waals surface area (Å²) in [6.45, 7) is 3.26. The maximum Gasteiger partial charge on any atom is 0.407 e. The monoisotopic (exact) mass is 328 g/mol. The number of hydrogen-bond acceptors (Lipinski definition) is 3. The molecule has 0 unspecified atom stereocenters. The molecule has 4 nitrogen and oxygen atoms in total. The van der Waals surface area contributed by atoms with E-state index in [1.54, 1.807) is 0 Å². The second-order valence-corrected chi connectivity index (χ2v) is 7.63. The molecule has 1 aliphatic carbocycles. The van der Waals surface area contributed by atoms with Crippen molar-refractivity contribution in [3.05, 3.63) is 35.9 Å². The van der Waals surface area contributed by atoms with Gasteiger partial charge in [-0.25, -0.2) is 4.79 Å². The Balaban J connectivity index is 1.37. The molecule has 2 bridgehead atoms. The van der Waals surface area contributed by atoms with Crippen molar-refractivity contribution in [2.45, 2.75) is 56.6 Å². The number of fused-ring (bicyclic) bond motifs is 3. The number of alkyl carbamates (subject to hydrolysis) is 1. The molecule has 4 fully saturated rings. The van der Waals surface area contributed by atoms with E-state index in [9.17, 15) is 4.79 Å². The topological polar surface area (TPSA) is 41.6 Å². The summed E-state index contributed by atoms with van der Waals surface area (Å²) in [4.78, 5) is 14.9. The predicted octanol–water partition coefficient (Wildman–Crippen LogP) is 3.53. The third-order valence-electron chi connectivity index (χ3n) is 6.15. The Morgan fingerprint density at radius 3 is 2.50 bits per heavy atom. The number of nitrogens with zero attached hydrogens (tertiary/aromatic N) is 1. The number of carbonyl (C=O) groups is 1. The quantitative estimate of drug-likeness (QED) is 0.923. The van der Waals surface area contributed by atoms with Crippen molar-refractivity contribution in [2.24, 2.45) is 5.92 Å². The molecule has 4 aliphatic rings. The third-order valence-corrected chi connectivity index (χ3v) is 6.15. The molecule has 0 aromatic heterocycles. The first-order valence-corrected chi connectivity index (χ1v) is 9.54. The van der Waals surface area contributed by atoms with Gasteiger partial charge in [0, 0.05) is 18.5 Å². The van der Waals surface area contributed by atoms with Crippen LogP contribution >= 0.6 is 0 Å². The van der Waals surface area contributed by atoms with Crippen LogP contribution in [0, 0.1) is 5.92 Å². The Bertz CT molecular complexity index is 554. The minimum absolute atomic E-state index is 0.0891. The van der Waals surface area contributed by atoms with Crippen molar-refractivity contribution >= 4 is 6.09 Å². The number of rotatable bonds is 3. The highest BCUT2D eigenvalue weighted by Crippen LogP contribution is 2.33. The second-order valence-electron chi connectivity index (χ2n) is 7.63. The third kappa shape index (κ3) is 3.44. The lowest BCUT2D eigenvalue weighted by Gasteiger charge is -2.44. The second kappa shape index (κ2) is 7.14. The molecule has 1 aromatic rings.